The highest BCUT2D eigenvalue weighted by Crippen LogP contribution is 2.15. The fourth-order valence-electron chi connectivity index (χ4n) is 1.29. The fraction of sp³-hybridized carbons (Fsp3) is 0.300. The van der Waals surface area contributed by atoms with Crippen LogP contribution in [0.25, 0.3) is 0 Å². The number of nitrogens with two attached hydrogens (primary N) is 1. The van der Waals surface area contributed by atoms with Crippen LogP contribution in [0.2, 0.25) is 0 Å². The van der Waals surface area contributed by atoms with Gasteiger partial charge in [-0.15, -0.1) is 0 Å². The van der Waals surface area contributed by atoms with Gasteiger partial charge in [0.15, 0.2) is 0 Å². The summed E-state index contributed by atoms with van der Waals surface area (Å²) >= 11 is 0. The molecule has 0 bridgehead atoms. The first kappa shape index (κ1) is 10.7. The van der Waals surface area contributed by atoms with Crippen LogP contribution in [-0.2, 0) is 6.42 Å². The van der Waals surface area contributed by atoms with Crippen molar-refractivity contribution in [3.8, 4) is 0 Å². The summed E-state index contributed by atoms with van der Waals surface area (Å²) in [6.45, 7) is 0.424. The zero-order valence-corrected chi connectivity index (χ0v) is 7.66. The highest BCUT2D eigenvalue weighted by atomic mass is 19.1. The van der Waals surface area contributed by atoms with Crippen molar-refractivity contribution in [1.82, 2.24) is 0 Å². The molecule has 0 fully saturated rings. The van der Waals surface area contributed by atoms with Gasteiger partial charge in [0.25, 0.3) is 0 Å². The van der Waals surface area contributed by atoms with Crippen LogP contribution in [0.4, 0.5) is 4.39 Å². The third-order valence-electron chi connectivity index (χ3n) is 1.98. The van der Waals surface area contributed by atoms with Crippen LogP contribution in [0.1, 0.15) is 22.3 Å². The lowest BCUT2D eigenvalue weighted by molar-refractivity contribution is 0.0695. The number of hydrogen-bond donors (Lipinski definition) is 2. The van der Waals surface area contributed by atoms with Crippen molar-refractivity contribution in [1.29, 1.82) is 0 Å². The van der Waals surface area contributed by atoms with Crippen LogP contribution >= 0.6 is 0 Å². The van der Waals surface area contributed by atoms with E-state index in [-0.39, 0.29) is 11.1 Å². The third kappa shape index (κ3) is 2.29. The van der Waals surface area contributed by atoms with Crippen molar-refractivity contribution < 1.29 is 14.3 Å². The molecule has 4 heteroatoms. The lowest BCUT2D eigenvalue weighted by atomic mass is 10.0. The molecule has 0 amide bonds. The molecule has 1 aromatic rings. The summed E-state index contributed by atoms with van der Waals surface area (Å²) in [4.78, 5) is 10.7. The molecular formula is C10H12FNO2. The van der Waals surface area contributed by atoms with Crippen LogP contribution in [0, 0.1) is 5.82 Å². The summed E-state index contributed by atoms with van der Waals surface area (Å²) in [5, 5.41) is 8.79. The molecule has 1 rings (SSSR count). The molecule has 0 spiro atoms. The van der Waals surface area contributed by atoms with Gasteiger partial charge in [0.1, 0.15) is 5.82 Å². The highest BCUT2D eigenvalue weighted by Gasteiger charge is 2.12. The summed E-state index contributed by atoms with van der Waals surface area (Å²) < 4.78 is 13.2. The lowest BCUT2D eigenvalue weighted by Gasteiger charge is -2.05. The zero-order valence-electron chi connectivity index (χ0n) is 7.66. The van der Waals surface area contributed by atoms with Gasteiger partial charge in [-0.2, -0.15) is 0 Å². The van der Waals surface area contributed by atoms with Gasteiger partial charge in [0.05, 0.1) is 5.56 Å². The first-order chi connectivity index (χ1) is 6.66. The van der Waals surface area contributed by atoms with Crippen molar-refractivity contribution in [2.45, 2.75) is 12.8 Å². The van der Waals surface area contributed by atoms with Crippen LogP contribution in [0.3, 0.4) is 0 Å². The number of carboxylic acid groups (broad SMARTS) is 1. The number of halogens is 1. The first-order valence-electron chi connectivity index (χ1n) is 4.37. The van der Waals surface area contributed by atoms with E-state index in [0.717, 1.165) is 0 Å². The standard InChI is InChI=1S/C10H12FNO2/c11-9-5-1-3-8(10(13)14)7(9)4-2-6-12/h1,3,5H,2,4,6,12H2,(H,13,14). The topological polar surface area (TPSA) is 63.3 Å². The van der Waals surface area contributed by atoms with Crippen molar-refractivity contribution in [2.24, 2.45) is 5.73 Å². The number of carbonyl (C=O) groups is 1. The minimum Gasteiger partial charge on any atom is -0.478 e. The minimum atomic E-state index is -1.10. The average Bonchev–Trinajstić information content (AvgIpc) is 2.15. The van der Waals surface area contributed by atoms with Crippen molar-refractivity contribution in [3.63, 3.8) is 0 Å². The van der Waals surface area contributed by atoms with Gasteiger partial charge < -0.3 is 10.8 Å². The number of benzene rings is 1. The number of rotatable bonds is 4. The van der Waals surface area contributed by atoms with Crippen molar-refractivity contribution in [2.75, 3.05) is 6.54 Å². The number of carboxylic acids is 1. The summed E-state index contributed by atoms with van der Waals surface area (Å²) in [5.41, 5.74) is 5.55. The molecular weight excluding hydrogens is 185 g/mol. The predicted octanol–water partition coefficient (Wildman–Crippen LogP) is 1.42. The molecule has 0 saturated carbocycles. The van der Waals surface area contributed by atoms with E-state index in [1.807, 2.05) is 0 Å². The normalized spacial score (nSPS) is 10.1. The summed E-state index contributed by atoms with van der Waals surface area (Å²) in [6.07, 6.45) is 0.950. The van der Waals surface area contributed by atoms with E-state index in [4.69, 9.17) is 10.8 Å². The maximum Gasteiger partial charge on any atom is 0.336 e. The molecule has 1 aromatic carbocycles. The molecule has 0 aromatic heterocycles. The quantitative estimate of drug-likeness (QED) is 0.767. The Morgan fingerprint density at radius 3 is 2.79 bits per heavy atom. The molecule has 0 atom stereocenters. The van der Waals surface area contributed by atoms with E-state index < -0.39 is 11.8 Å². The molecule has 0 aliphatic rings. The Morgan fingerprint density at radius 1 is 1.50 bits per heavy atom. The van der Waals surface area contributed by atoms with E-state index in [2.05, 4.69) is 0 Å². The van der Waals surface area contributed by atoms with Crippen molar-refractivity contribution in [3.05, 3.63) is 35.1 Å². The first-order valence-corrected chi connectivity index (χ1v) is 4.37. The number of hydrogen-bond acceptors (Lipinski definition) is 2. The Hall–Kier alpha value is -1.42. The maximum absolute atomic E-state index is 13.2. The summed E-state index contributed by atoms with van der Waals surface area (Å²) in [6, 6.07) is 4.06. The fourth-order valence-corrected chi connectivity index (χ4v) is 1.29. The molecule has 0 unspecified atom stereocenters. The molecule has 3 nitrogen and oxygen atoms in total. The smallest absolute Gasteiger partial charge is 0.336 e. The minimum absolute atomic E-state index is 0.0263. The van der Waals surface area contributed by atoms with Crippen LogP contribution in [-0.4, -0.2) is 17.6 Å². The zero-order chi connectivity index (χ0) is 10.6. The van der Waals surface area contributed by atoms with Gasteiger partial charge in [0.2, 0.25) is 0 Å². The van der Waals surface area contributed by atoms with Crippen molar-refractivity contribution >= 4 is 5.97 Å². The van der Waals surface area contributed by atoms with Gasteiger partial charge in [-0.1, -0.05) is 6.07 Å². The Balaban J connectivity index is 3.02. The predicted molar refractivity (Wildman–Crippen MR) is 50.7 cm³/mol. The molecule has 14 heavy (non-hydrogen) atoms. The van der Waals surface area contributed by atoms with E-state index in [9.17, 15) is 9.18 Å². The Labute approximate surface area is 81.4 Å². The van der Waals surface area contributed by atoms with Gasteiger partial charge in [-0.05, 0) is 31.5 Å². The maximum atomic E-state index is 13.2. The summed E-state index contributed by atoms with van der Waals surface area (Å²) in [7, 11) is 0. The Kier molecular flexibility index (Phi) is 3.59. The molecule has 0 heterocycles. The van der Waals surface area contributed by atoms with Crippen LogP contribution in [0.15, 0.2) is 18.2 Å². The monoisotopic (exact) mass is 197 g/mol. The van der Waals surface area contributed by atoms with E-state index in [0.29, 0.717) is 19.4 Å². The largest absolute Gasteiger partial charge is 0.478 e. The van der Waals surface area contributed by atoms with E-state index >= 15 is 0 Å². The van der Waals surface area contributed by atoms with Gasteiger partial charge >= 0.3 is 5.97 Å². The molecule has 0 aliphatic carbocycles. The second-order valence-electron chi connectivity index (χ2n) is 2.96. The second-order valence-corrected chi connectivity index (χ2v) is 2.96. The Bertz CT molecular complexity index is 339. The van der Waals surface area contributed by atoms with E-state index in [1.54, 1.807) is 0 Å². The summed E-state index contributed by atoms with van der Waals surface area (Å²) in [5.74, 6) is -1.57. The molecule has 76 valence electrons. The molecule has 0 aliphatic heterocycles. The number of aromatic carboxylic acids is 1. The van der Waals surface area contributed by atoms with E-state index in [1.165, 1.54) is 18.2 Å². The Morgan fingerprint density at radius 2 is 2.21 bits per heavy atom. The SMILES string of the molecule is NCCCc1c(F)cccc1C(=O)O. The van der Waals surface area contributed by atoms with Gasteiger partial charge in [0, 0.05) is 5.56 Å². The van der Waals surface area contributed by atoms with Crippen LogP contribution < -0.4 is 5.73 Å². The third-order valence-corrected chi connectivity index (χ3v) is 1.98. The molecule has 0 saturated heterocycles. The highest BCUT2D eigenvalue weighted by molar-refractivity contribution is 5.89. The molecule has 0 radical (unpaired) electrons. The second kappa shape index (κ2) is 4.72. The van der Waals surface area contributed by atoms with Gasteiger partial charge in [-0.3, -0.25) is 0 Å². The van der Waals surface area contributed by atoms with Crippen LogP contribution in [0.5, 0.6) is 0 Å². The average molecular weight is 197 g/mol. The van der Waals surface area contributed by atoms with Gasteiger partial charge in [-0.25, -0.2) is 9.18 Å². The lowest BCUT2D eigenvalue weighted by Crippen LogP contribution is -2.07. The molecule has 3 N–H and O–H groups in total.